The predicted octanol–water partition coefficient (Wildman–Crippen LogP) is 3.28. The van der Waals surface area contributed by atoms with Crippen molar-refractivity contribution >= 4 is 43.5 Å². The highest BCUT2D eigenvalue weighted by Gasteiger charge is 2.22. The Kier molecular flexibility index (Phi) is 7.73. The van der Waals surface area contributed by atoms with Gasteiger partial charge in [-0.05, 0) is 48.5 Å². The number of carbonyl (C=O) groups is 2. The lowest BCUT2D eigenvalue weighted by Gasteiger charge is -2.18. The van der Waals surface area contributed by atoms with Crippen molar-refractivity contribution in [1.29, 1.82) is 0 Å². The lowest BCUT2D eigenvalue weighted by molar-refractivity contribution is -0.119. The molecule has 0 aromatic heterocycles. The number of benzene rings is 2. The molecular weight excluding hydrogens is 448 g/mol. The van der Waals surface area contributed by atoms with E-state index in [0.717, 1.165) is 4.47 Å². The van der Waals surface area contributed by atoms with E-state index >= 15 is 0 Å². The highest BCUT2D eigenvalue weighted by Crippen LogP contribution is 2.17. The van der Waals surface area contributed by atoms with Crippen molar-refractivity contribution in [3.8, 4) is 0 Å². The number of ether oxygens (including phenoxy) is 1. The van der Waals surface area contributed by atoms with Crippen LogP contribution in [0, 0.1) is 0 Å². The molecule has 1 amide bonds. The number of hydrogen-bond acceptors (Lipinski definition) is 5. The number of anilines is 1. The number of esters is 1. The number of nitrogens with one attached hydrogen (secondary N) is 1. The van der Waals surface area contributed by atoms with Crippen LogP contribution in [0.25, 0.3) is 0 Å². The maximum atomic E-state index is 12.4. The quantitative estimate of drug-likeness (QED) is 0.600. The molecule has 1 N–H and O–H groups in total. The van der Waals surface area contributed by atoms with Crippen molar-refractivity contribution in [2.45, 2.75) is 18.7 Å². The monoisotopic (exact) mass is 468 g/mol. The predicted molar refractivity (Wildman–Crippen MR) is 110 cm³/mol. The molecule has 0 radical (unpaired) electrons. The number of sulfonamides is 1. The molecule has 0 heterocycles. The molecule has 0 fully saturated rings. The second kappa shape index (κ2) is 9.81. The van der Waals surface area contributed by atoms with Gasteiger partial charge in [0, 0.05) is 23.2 Å². The molecule has 0 atom stereocenters. The summed E-state index contributed by atoms with van der Waals surface area (Å²) in [7, 11) is -3.59. The molecule has 0 aliphatic carbocycles. The normalized spacial score (nSPS) is 11.3. The molecule has 2 aromatic carbocycles. The van der Waals surface area contributed by atoms with Crippen LogP contribution in [0.3, 0.4) is 0 Å². The molecule has 9 heteroatoms. The molecule has 0 aliphatic rings. The van der Waals surface area contributed by atoms with E-state index in [9.17, 15) is 18.0 Å². The third-order valence-electron chi connectivity index (χ3n) is 3.90. The summed E-state index contributed by atoms with van der Waals surface area (Å²) < 4.78 is 32.1. The standard InChI is InChI=1S/C19H21BrN2O5S/c1-3-22(4-2)28(25,26)17-11-5-14(6-12-17)19(24)27-13-18(23)21-16-9-7-15(20)8-10-16/h5-12H,3-4,13H2,1-2H3,(H,21,23). The zero-order valence-electron chi connectivity index (χ0n) is 15.5. The van der Waals surface area contributed by atoms with Gasteiger partial charge in [-0.2, -0.15) is 4.31 Å². The van der Waals surface area contributed by atoms with Gasteiger partial charge in [0.15, 0.2) is 6.61 Å². The highest BCUT2D eigenvalue weighted by molar-refractivity contribution is 9.10. The summed E-state index contributed by atoms with van der Waals surface area (Å²) in [6.07, 6.45) is 0. The Morgan fingerprint density at radius 1 is 1.00 bits per heavy atom. The van der Waals surface area contributed by atoms with Gasteiger partial charge >= 0.3 is 5.97 Å². The number of amides is 1. The van der Waals surface area contributed by atoms with Crippen molar-refractivity contribution in [2.24, 2.45) is 0 Å². The van der Waals surface area contributed by atoms with E-state index in [1.165, 1.54) is 28.6 Å². The summed E-state index contributed by atoms with van der Waals surface area (Å²) >= 11 is 3.30. The number of carbonyl (C=O) groups excluding carboxylic acids is 2. The average molecular weight is 469 g/mol. The van der Waals surface area contributed by atoms with Gasteiger partial charge < -0.3 is 10.1 Å². The largest absolute Gasteiger partial charge is 0.452 e. The van der Waals surface area contributed by atoms with Crippen LogP contribution in [0.4, 0.5) is 5.69 Å². The molecule has 0 unspecified atom stereocenters. The minimum Gasteiger partial charge on any atom is -0.452 e. The highest BCUT2D eigenvalue weighted by atomic mass is 79.9. The molecule has 0 aliphatic heterocycles. The fourth-order valence-corrected chi connectivity index (χ4v) is 4.14. The summed E-state index contributed by atoms with van der Waals surface area (Å²) in [6, 6.07) is 12.4. The summed E-state index contributed by atoms with van der Waals surface area (Å²) in [6.45, 7) is 3.78. The Labute approximate surface area is 172 Å². The zero-order chi connectivity index (χ0) is 20.7. The minimum atomic E-state index is -3.59. The minimum absolute atomic E-state index is 0.0979. The van der Waals surface area contributed by atoms with Gasteiger partial charge in [-0.1, -0.05) is 29.8 Å². The Morgan fingerprint density at radius 2 is 1.57 bits per heavy atom. The summed E-state index contributed by atoms with van der Waals surface area (Å²) in [5.74, 6) is -1.19. The Balaban J connectivity index is 1.95. The third kappa shape index (κ3) is 5.63. The molecule has 0 bridgehead atoms. The molecule has 0 spiro atoms. The van der Waals surface area contributed by atoms with Crippen LogP contribution in [0.15, 0.2) is 57.9 Å². The Hall–Kier alpha value is -2.23. The molecule has 0 saturated heterocycles. The second-order valence-corrected chi connectivity index (χ2v) is 8.60. The van der Waals surface area contributed by atoms with Crippen molar-refractivity contribution in [1.82, 2.24) is 4.31 Å². The van der Waals surface area contributed by atoms with E-state index in [1.807, 2.05) is 0 Å². The van der Waals surface area contributed by atoms with E-state index in [4.69, 9.17) is 4.74 Å². The summed E-state index contributed by atoms with van der Waals surface area (Å²) in [5.41, 5.74) is 0.741. The van der Waals surface area contributed by atoms with Crippen LogP contribution in [0.5, 0.6) is 0 Å². The van der Waals surface area contributed by atoms with Gasteiger partial charge in [0.05, 0.1) is 10.5 Å². The lowest BCUT2D eigenvalue weighted by atomic mass is 10.2. The maximum absolute atomic E-state index is 12.4. The van der Waals surface area contributed by atoms with E-state index in [1.54, 1.807) is 38.1 Å². The molecule has 7 nitrogen and oxygen atoms in total. The van der Waals surface area contributed by atoms with Gasteiger partial charge in [-0.3, -0.25) is 4.79 Å². The number of halogens is 1. The van der Waals surface area contributed by atoms with Crippen LogP contribution in [0.1, 0.15) is 24.2 Å². The maximum Gasteiger partial charge on any atom is 0.338 e. The van der Waals surface area contributed by atoms with Crippen LogP contribution >= 0.6 is 15.9 Å². The number of rotatable bonds is 8. The van der Waals surface area contributed by atoms with Crippen molar-refractivity contribution in [2.75, 3.05) is 25.0 Å². The van der Waals surface area contributed by atoms with Gasteiger partial charge in [-0.15, -0.1) is 0 Å². The van der Waals surface area contributed by atoms with E-state index < -0.39 is 28.5 Å². The third-order valence-corrected chi connectivity index (χ3v) is 6.49. The SMILES string of the molecule is CCN(CC)S(=O)(=O)c1ccc(C(=O)OCC(=O)Nc2ccc(Br)cc2)cc1. The number of hydrogen-bond donors (Lipinski definition) is 1. The van der Waals surface area contributed by atoms with Gasteiger partial charge in [0.25, 0.3) is 5.91 Å². The fraction of sp³-hybridized carbons (Fsp3) is 0.263. The van der Waals surface area contributed by atoms with Crippen molar-refractivity contribution in [3.63, 3.8) is 0 Å². The lowest BCUT2D eigenvalue weighted by Crippen LogP contribution is -2.30. The first-order valence-electron chi connectivity index (χ1n) is 8.60. The van der Waals surface area contributed by atoms with Crippen LogP contribution in [-0.4, -0.2) is 44.3 Å². The van der Waals surface area contributed by atoms with Gasteiger partial charge in [0.2, 0.25) is 10.0 Å². The van der Waals surface area contributed by atoms with Crippen molar-refractivity contribution < 1.29 is 22.7 Å². The fourth-order valence-electron chi connectivity index (χ4n) is 2.42. The molecule has 0 saturated carbocycles. The zero-order valence-corrected chi connectivity index (χ0v) is 17.9. The molecule has 2 aromatic rings. The van der Waals surface area contributed by atoms with E-state index in [0.29, 0.717) is 18.8 Å². The number of nitrogens with zero attached hydrogens (tertiary/aromatic N) is 1. The van der Waals surface area contributed by atoms with Crippen molar-refractivity contribution in [3.05, 3.63) is 58.6 Å². The molecule has 28 heavy (non-hydrogen) atoms. The first-order chi connectivity index (χ1) is 13.3. The van der Waals surface area contributed by atoms with E-state index in [-0.39, 0.29) is 10.5 Å². The first kappa shape index (κ1) is 22.1. The topological polar surface area (TPSA) is 92.8 Å². The van der Waals surface area contributed by atoms with E-state index in [2.05, 4.69) is 21.2 Å². The Morgan fingerprint density at radius 3 is 2.11 bits per heavy atom. The first-order valence-corrected chi connectivity index (χ1v) is 10.8. The molecule has 2 rings (SSSR count). The summed E-state index contributed by atoms with van der Waals surface area (Å²) in [4.78, 5) is 24.1. The molecular formula is C19H21BrN2O5S. The van der Waals surface area contributed by atoms with Gasteiger partial charge in [0.1, 0.15) is 0 Å². The smallest absolute Gasteiger partial charge is 0.338 e. The summed E-state index contributed by atoms with van der Waals surface area (Å²) in [5, 5.41) is 2.61. The van der Waals surface area contributed by atoms with Gasteiger partial charge in [-0.25, -0.2) is 13.2 Å². The van der Waals surface area contributed by atoms with Crippen LogP contribution < -0.4 is 5.32 Å². The second-order valence-electron chi connectivity index (χ2n) is 5.74. The van der Waals surface area contributed by atoms with Crippen LogP contribution in [-0.2, 0) is 19.6 Å². The average Bonchev–Trinajstić information content (AvgIpc) is 2.68. The Bertz CT molecular complexity index is 924. The molecule has 150 valence electrons. The van der Waals surface area contributed by atoms with Crippen LogP contribution in [0.2, 0.25) is 0 Å².